The lowest BCUT2D eigenvalue weighted by atomic mass is 9.43. The van der Waals surface area contributed by atoms with E-state index >= 15 is 0 Å². The molecule has 0 saturated heterocycles. The van der Waals surface area contributed by atoms with Crippen molar-refractivity contribution in [3.05, 3.63) is 161 Å². The third-order valence-corrected chi connectivity index (χ3v) is 16.8. The van der Waals surface area contributed by atoms with Gasteiger partial charge in [0.05, 0.1) is 5.69 Å². The van der Waals surface area contributed by atoms with Gasteiger partial charge in [-0.2, -0.15) is 0 Å². The Labute approximate surface area is 332 Å². The highest BCUT2D eigenvalue weighted by Crippen LogP contribution is 2.71. The van der Waals surface area contributed by atoms with Crippen molar-refractivity contribution in [2.24, 2.45) is 23.7 Å². The largest absolute Gasteiger partial charge is 0.310 e. The number of nitrogens with zero attached hydrogens (tertiary/aromatic N) is 1. The van der Waals surface area contributed by atoms with E-state index in [4.69, 9.17) is 0 Å². The lowest BCUT2D eigenvalue weighted by Gasteiger charge is -2.61. The number of anilines is 3. The normalized spacial score (nSPS) is 27.1. The monoisotopic (exact) mass is 725 g/mol. The summed E-state index contributed by atoms with van der Waals surface area (Å²) in [6.07, 6.45) is 13.5. The van der Waals surface area contributed by atoms with Crippen LogP contribution in [0.4, 0.5) is 17.1 Å². The summed E-state index contributed by atoms with van der Waals surface area (Å²) in [5, 5.41) is 0. The summed E-state index contributed by atoms with van der Waals surface area (Å²) in [5.74, 6) is 3.23. The molecule has 14 rings (SSSR count). The number of fused-ring (bicyclic) bond motifs is 11. The summed E-state index contributed by atoms with van der Waals surface area (Å²) in [7, 11) is 0. The van der Waals surface area contributed by atoms with Crippen molar-refractivity contribution in [2.45, 2.75) is 94.3 Å². The van der Waals surface area contributed by atoms with E-state index in [2.05, 4.69) is 146 Å². The van der Waals surface area contributed by atoms with Crippen molar-refractivity contribution in [1.29, 1.82) is 0 Å². The highest BCUT2D eigenvalue weighted by Gasteiger charge is 2.62. The molecule has 2 spiro atoms. The molecule has 0 radical (unpaired) electrons. The maximum atomic E-state index is 2.73. The fourth-order valence-corrected chi connectivity index (χ4v) is 14.9. The van der Waals surface area contributed by atoms with Gasteiger partial charge in [-0.05, 0) is 166 Å². The Morgan fingerprint density at radius 3 is 1.73 bits per heavy atom. The first-order chi connectivity index (χ1) is 27.5. The molecule has 0 N–H and O–H groups in total. The number of hydrogen-bond acceptors (Lipinski definition) is 1. The van der Waals surface area contributed by atoms with Crippen LogP contribution in [-0.2, 0) is 16.2 Å². The Hall–Kier alpha value is -4.88. The molecule has 6 aromatic carbocycles. The van der Waals surface area contributed by atoms with Crippen molar-refractivity contribution in [1.82, 2.24) is 0 Å². The molecule has 0 atom stereocenters. The van der Waals surface area contributed by atoms with Crippen LogP contribution in [0, 0.1) is 23.7 Å². The topological polar surface area (TPSA) is 3.24 Å². The molecule has 1 heteroatoms. The third kappa shape index (κ3) is 3.93. The van der Waals surface area contributed by atoms with Gasteiger partial charge in [0.15, 0.2) is 0 Å². The van der Waals surface area contributed by atoms with Crippen molar-refractivity contribution in [3.8, 4) is 33.4 Å². The summed E-state index contributed by atoms with van der Waals surface area (Å²) in [6, 6.07) is 50.7. The molecule has 0 amide bonds. The molecular weight excluding hydrogens is 675 g/mol. The maximum absolute atomic E-state index is 2.73. The third-order valence-electron chi connectivity index (χ3n) is 16.8. The van der Waals surface area contributed by atoms with Gasteiger partial charge in [-0.15, -0.1) is 0 Å². The minimum absolute atomic E-state index is 0.0654. The molecule has 8 aliphatic rings. The standard InChI is InChI=1S/C55H51N/c1-53(2)46-17-7-4-13-40(46)43-23-21-39(33-50(43)53)56(38-22-24-48-45(32-38)42-15-5-8-18-47(42)54(48)25-10-3-11-26-54)51-20-12-16-44-41-14-6-9-19-49(41)55(52(44)51)36-28-34-27-35(30-36)31-37(55)29-34/h4-9,12-24,32-37H,3,10-11,25-31H2,1-2H3. The second-order valence-electron chi connectivity index (χ2n) is 19.6. The van der Waals surface area contributed by atoms with E-state index in [1.165, 1.54) is 126 Å². The molecule has 4 bridgehead atoms. The number of rotatable bonds is 3. The molecule has 56 heavy (non-hydrogen) atoms. The molecule has 0 heterocycles. The van der Waals surface area contributed by atoms with Gasteiger partial charge in [0.25, 0.3) is 0 Å². The van der Waals surface area contributed by atoms with Crippen LogP contribution in [0.25, 0.3) is 33.4 Å². The Morgan fingerprint density at radius 2 is 1.00 bits per heavy atom. The van der Waals surface area contributed by atoms with E-state index in [1.54, 1.807) is 22.3 Å². The van der Waals surface area contributed by atoms with Crippen LogP contribution in [-0.4, -0.2) is 0 Å². The molecule has 8 aliphatic carbocycles. The first-order valence-corrected chi connectivity index (χ1v) is 22.0. The Morgan fingerprint density at radius 1 is 0.446 bits per heavy atom. The minimum atomic E-state index is -0.0740. The van der Waals surface area contributed by atoms with E-state index in [9.17, 15) is 0 Å². The Balaban J connectivity index is 1.08. The molecule has 1 nitrogen and oxygen atoms in total. The fraction of sp³-hybridized carbons (Fsp3) is 0.345. The molecule has 276 valence electrons. The highest BCUT2D eigenvalue weighted by molar-refractivity contribution is 5.94. The molecule has 0 unspecified atom stereocenters. The maximum Gasteiger partial charge on any atom is 0.0509 e. The van der Waals surface area contributed by atoms with E-state index in [0.29, 0.717) is 11.8 Å². The second-order valence-corrected chi connectivity index (χ2v) is 19.6. The first kappa shape index (κ1) is 32.2. The lowest BCUT2D eigenvalue weighted by molar-refractivity contribution is -0.0397. The average Bonchev–Trinajstić information content (AvgIpc) is 3.77. The highest BCUT2D eigenvalue weighted by atomic mass is 15.1. The number of benzene rings is 6. The summed E-state index contributed by atoms with van der Waals surface area (Å²) in [5.41, 5.74) is 22.1. The molecule has 0 aliphatic heterocycles. The van der Waals surface area contributed by atoms with Gasteiger partial charge in [-0.3, -0.25) is 0 Å². The zero-order chi connectivity index (χ0) is 37.0. The molecule has 6 aromatic rings. The lowest BCUT2D eigenvalue weighted by Crippen LogP contribution is -2.55. The molecule has 5 fully saturated rings. The predicted molar refractivity (Wildman–Crippen MR) is 231 cm³/mol. The SMILES string of the molecule is CC1(C)c2ccccc2-c2ccc(N(c3ccc4c(c3)-c3ccccc3C43CCCCC3)c3cccc4c3C3(c5ccccc5-4)C4CC5CC(C4)CC3C5)cc21. The zero-order valence-electron chi connectivity index (χ0n) is 33.0. The summed E-state index contributed by atoms with van der Waals surface area (Å²) in [4.78, 5) is 2.73. The molecular formula is C55H51N. The molecule has 5 saturated carbocycles. The Kier molecular flexibility index (Phi) is 6.42. The van der Waals surface area contributed by atoms with Crippen LogP contribution >= 0.6 is 0 Å². The smallest absolute Gasteiger partial charge is 0.0509 e. The first-order valence-electron chi connectivity index (χ1n) is 22.0. The quantitative estimate of drug-likeness (QED) is 0.176. The average molecular weight is 726 g/mol. The van der Waals surface area contributed by atoms with Gasteiger partial charge in [0, 0.05) is 27.6 Å². The minimum Gasteiger partial charge on any atom is -0.310 e. The van der Waals surface area contributed by atoms with Crippen LogP contribution in [0.1, 0.15) is 111 Å². The van der Waals surface area contributed by atoms with E-state index in [0.717, 1.165) is 11.8 Å². The van der Waals surface area contributed by atoms with Crippen LogP contribution in [0.5, 0.6) is 0 Å². The van der Waals surface area contributed by atoms with E-state index in [1.807, 2.05) is 0 Å². The van der Waals surface area contributed by atoms with Gasteiger partial charge >= 0.3 is 0 Å². The van der Waals surface area contributed by atoms with Gasteiger partial charge in [-0.1, -0.05) is 130 Å². The summed E-state index contributed by atoms with van der Waals surface area (Å²) >= 11 is 0. The van der Waals surface area contributed by atoms with Gasteiger partial charge < -0.3 is 4.90 Å². The molecule has 0 aromatic heterocycles. The van der Waals surface area contributed by atoms with Gasteiger partial charge in [0.1, 0.15) is 0 Å². The van der Waals surface area contributed by atoms with Crippen LogP contribution in [0.15, 0.2) is 127 Å². The second kappa shape index (κ2) is 11.2. The zero-order valence-corrected chi connectivity index (χ0v) is 33.0. The van der Waals surface area contributed by atoms with E-state index < -0.39 is 0 Å². The van der Waals surface area contributed by atoms with Crippen LogP contribution in [0.2, 0.25) is 0 Å². The van der Waals surface area contributed by atoms with Crippen LogP contribution in [0.3, 0.4) is 0 Å². The van der Waals surface area contributed by atoms with Crippen molar-refractivity contribution in [3.63, 3.8) is 0 Å². The fourth-order valence-electron chi connectivity index (χ4n) is 14.9. The van der Waals surface area contributed by atoms with Crippen molar-refractivity contribution >= 4 is 17.1 Å². The summed E-state index contributed by atoms with van der Waals surface area (Å²) in [6.45, 7) is 4.87. The van der Waals surface area contributed by atoms with Crippen LogP contribution < -0.4 is 4.90 Å². The van der Waals surface area contributed by atoms with Crippen molar-refractivity contribution in [2.75, 3.05) is 4.90 Å². The van der Waals surface area contributed by atoms with E-state index in [-0.39, 0.29) is 16.2 Å². The van der Waals surface area contributed by atoms with Crippen molar-refractivity contribution < 1.29 is 0 Å². The number of hydrogen-bond donors (Lipinski definition) is 0. The Bertz CT molecular complexity index is 2600. The van der Waals surface area contributed by atoms with Gasteiger partial charge in [-0.25, -0.2) is 0 Å². The summed E-state index contributed by atoms with van der Waals surface area (Å²) < 4.78 is 0. The van der Waals surface area contributed by atoms with Gasteiger partial charge in [0.2, 0.25) is 0 Å². The predicted octanol–water partition coefficient (Wildman–Crippen LogP) is 14.4.